The molecule has 4 aliphatic rings. The van der Waals surface area contributed by atoms with Crippen LogP contribution in [0.15, 0.2) is 36.4 Å². The molecule has 4 unspecified atom stereocenters. The van der Waals surface area contributed by atoms with Gasteiger partial charge in [-0.25, -0.2) is 4.90 Å². The van der Waals surface area contributed by atoms with E-state index in [9.17, 15) is 0 Å². The molecule has 4 nitrogen and oxygen atoms in total. The fourth-order valence-electron chi connectivity index (χ4n) is 4.76. The van der Waals surface area contributed by atoms with Crippen LogP contribution in [0.5, 0.6) is 11.5 Å². The zero-order chi connectivity index (χ0) is 14.6. The van der Waals surface area contributed by atoms with Crippen molar-refractivity contribution in [2.75, 3.05) is 4.90 Å². The van der Waals surface area contributed by atoms with Gasteiger partial charge in [-0.15, -0.1) is 0 Å². The van der Waals surface area contributed by atoms with E-state index in [-0.39, 0.29) is 24.0 Å². The molecule has 2 aromatic carbocycles. The Kier molecular flexibility index (Phi) is 2.69. The zero-order valence-corrected chi connectivity index (χ0v) is 15.2. The second-order valence-corrected chi connectivity index (χ2v) is 7.00. The predicted octanol–water partition coefficient (Wildman–Crippen LogP) is -0.775. The Labute approximate surface area is 152 Å². The number of halogens is 1. The maximum atomic E-state index is 6.25. The average molecular weight is 419 g/mol. The first-order valence-corrected chi connectivity index (χ1v) is 8.11. The Hall–Kier alpha value is -1.31. The number of nitrogens with one attached hydrogen (secondary N) is 2. The molecule has 4 heterocycles. The van der Waals surface area contributed by atoms with E-state index in [1.807, 2.05) is 0 Å². The Balaban J connectivity index is 0.00000121. The molecular weight excluding hydrogens is 401 g/mol. The molecule has 2 N–H and O–H groups in total. The summed E-state index contributed by atoms with van der Waals surface area (Å²) in [6, 6.07) is 14.5. The number of nitrogens with zero attached hydrogens (tertiary/aromatic N) is 1. The van der Waals surface area contributed by atoms with E-state index in [0.29, 0.717) is 24.3 Å². The summed E-state index contributed by atoms with van der Waals surface area (Å²) in [5.41, 5.74) is 5.43. The quantitative estimate of drug-likeness (QED) is 0.471. The second-order valence-electron chi connectivity index (χ2n) is 7.00. The molecule has 5 heteroatoms. The fraction of sp³-hybridized carbons (Fsp3) is 0.333. The molecular formula is C18H18IN3O. The lowest BCUT2D eigenvalue weighted by atomic mass is 9.97. The molecule has 0 saturated carbocycles. The smallest absolute Gasteiger partial charge is 0.205 e. The molecule has 0 spiro atoms. The van der Waals surface area contributed by atoms with E-state index < -0.39 is 0 Å². The highest BCUT2D eigenvalue weighted by Gasteiger charge is 2.64. The zero-order valence-electron chi connectivity index (χ0n) is 13.0. The molecule has 6 rings (SSSR count). The Bertz CT molecular complexity index is 837. The van der Waals surface area contributed by atoms with E-state index >= 15 is 0 Å². The van der Waals surface area contributed by atoms with Gasteiger partial charge in [-0.3, -0.25) is 5.32 Å². The van der Waals surface area contributed by atoms with Gasteiger partial charge in [-0.1, -0.05) is 18.2 Å². The maximum absolute atomic E-state index is 6.25. The molecule has 1 fully saturated rings. The maximum Gasteiger partial charge on any atom is 0.205 e. The number of para-hydroxylation sites is 2. The van der Waals surface area contributed by atoms with Crippen LogP contribution in [0.2, 0.25) is 0 Å². The Morgan fingerprint density at radius 1 is 1.09 bits per heavy atom. The van der Waals surface area contributed by atoms with Gasteiger partial charge in [0.25, 0.3) is 0 Å². The third kappa shape index (κ3) is 1.53. The van der Waals surface area contributed by atoms with Crippen LogP contribution in [0.4, 0.5) is 17.1 Å². The van der Waals surface area contributed by atoms with Crippen LogP contribution in [-0.2, 0) is 0 Å². The van der Waals surface area contributed by atoms with Crippen LogP contribution in [0.25, 0.3) is 0 Å². The van der Waals surface area contributed by atoms with Crippen molar-refractivity contribution in [3.05, 3.63) is 42.0 Å². The molecule has 2 aromatic rings. The Morgan fingerprint density at radius 3 is 2.61 bits per heavy atom. The van der Waals surface area contributed by atoms with Gasteiger partial charge in [0.05, 0.1) is 6.04 Å². The number of fused-ring (bicyclic) bond motifs is 3. The largest absolute Gasteiger partial charge is 1.00 e. The average Bonchev–Trinajstić information content (AvgIpc) is 3.23. The number of anilines is 1. The molecule has 4 aliphatic heterocycles. The van der Waals surface area contributed by atoms with Crippen LogP contribution in [-0.4, -0.2) is 18.2 Å². The van der Waals surface area contributed by atoms with Crippen LogP contribution in [0, 0.1) is 0 Å². The molecule has 4 atom stereocenters. The first-order valence-electron chi connectivity index (χ1n) is 8.11. The molecule has 0 bridgehead atoms. The van der Waals surface area contributed by atoms with Crippen LogP contribution in [0.1, 0.15) is 25.5 Å². The monoisotopic (exact) mass is 419 g/mol. The minimum Gasteiger partial charge on any atom is -1.00 e. The molecule has 23 heavy (non-hydrogen) atoms. The third-order valence-electron chi connectivity index (χ3n) is 5.55. The van der Waals surface area contributed by atoms with Crippen LogP contribution in [0.3, 0.4) is 0 Å². The summed E-state index contributed by atoms with van der Waals surface area (Å²) in [7, 11) is 0. The van der Waals surface area contributed by atoms with Gasteiger partial charge < -0.3 is 33.6 Å². The van der Waals surface area contributed by atoms with E-state index in [0.717, 1.165) is 11.5 Å². The number of hydrogen-bond donors (Lipinski definition) is 2. The van der Waals surface area contributed by atoms with Crippen molar-refractivity contribution >= 4 is 17.1 Å². The van der Waals surface area contributed by atoms with Crippen molar-refractivity contribution in [2.24, 2.45) is 0 Å². The van der Waals surface area contributed by atoms with E-state index in [2.05, 4.69) is 60.5 Å². The summed E-state index contributed by atoms with van der Waals surface area (Å²) in [5.74, 6) is 2.05. The highest BCUT2D eigenvalue weighted by atomic mass is 127. The SMILES string of the molecule is CC(C)N1c2cccc3c2[NH+]2c4c(cccc4C4NC4C12)O3.[I-]. The second kappa shape index (κ2) is 4.40. The first kappa shape index (κ1) is 14.1. The first-order chi connectivity index (χ1) is 10.8. The molecule has 0 aromatic heterocycles. The number of benzene rings is 2. The summed E-state index contributed by atoms with van der Waals surface area (Å²) < 4.78 is 6.25. The van der Waals surface area contributed by atoms with Gasteiger partial charge in [0.2, 0.25) is 5.69 Å². The van der Waals surface area contributed by atoms with Crippen LogP contribution < -0.4 is 43.8 Å². The normalized spacial score (nSPS) is 30.3. The van der Waals surface area contributed by atoms with Crippen LogP contribution >= 0.6 is 0 Å². The topological polar surface area (TPSA) is 38.9 Å². The van der Waals surface area contributed by atoms with Gasteiger partial charge in [-0.2, -0.15) is 0 Å². The number of hydrogen-bond acceptors (Lipinski definition) is 3. The summed E-state index contributed by atoms with van der Waals surface area (Å²) >= 11 is 0. The van der Waals surface area contributed by atoms with E-state index in [4.69, 9.17) is 4.74 Å². The van der Waals surface area contributed by atoms with Crippen molar-refractivity contribution in [1.29, 1.82) is 0 Å². The van der Waals surface area contributed by atoms with Crippen molar-refractivity contribution in [2.45, 2.75) is 38.1 Å². The number of rotatable bonds is 1. The van der Waals surface area contributed by atoms with Gasteiger partial charge in [-0.05, 0) is 32.0 Å². The van der Waals surface area contributed by atoms with Gasteiger partial charge in [0.1, 0.15) is 11.7 Å². The highest BCUT2D eigenvalue weighted by molar-refractivity contribution is 5.79. The highest BCUT2D eigenvalue weighted by Crippen LogP contribution is 2.54. The molecule has 0 radical (unpaired) electrons. The standard InChI is InChI=1S/C18H17N3O.HI/c1-9(2)20-11-6-4-8-13-17(11)21-16-10(5-3-7-12(16)22-13)14-15(19-14)18(20)21;/h3-9,14-15,18-19H,1-2H3;1H. The number of ether oxygens (including phenoxy) is 1. The summed E-state index contributed by atoms with van der Waals surface area (Å²) in [6.45, 7) is 4.58. The Morgan fingerprint density at radius 2 is 1.83 bits per heavy atom. The van der Waals surface area contributed by atoms with Gasteiger partial charge in [0, 0.05) is 11.6 Å². The molecule has 118 valence electrons. The summed E-state index contributed by atoms with van der Waals surface area (Å²) in [6.07, 6.45) is 0.443. The molecule has 1 saturated heterocycles. The minimum atomic E-state index is 0. The van der Waals surface area contributed by atoms with Gasteiger partial charge >= 0.3 is 0 Å². The predicted molar refractivity (Wildman–Crippen MR) is 84.3 cm³/mol. The summed E-state index contributed by atoms with van der Waals surface area (Å²) in [5, 5.41) is 3.71. The van der Waals surface area contributed by atoms with E-state index in [1.54, 1.807) is 0 Å². The lowest BCUT2D eigenvalue weighted by Gasteiger charge is -2.35. The summed E-state index contributed by atoms with van der Waals surface area (Å²) in [4.78, 5) is 4.07. The molecule has 0 amide bonds. The minimum absolute atomic E-state index is 0. The fourth-order valence-corrected chi connectivity index (χ4v) is 4.76. The number of quaternary nitrogens is 1. The van der Waals surface area contributed by atoms with Crippen molar-refractivity contribution in [1.82, 2.24) is 5.32 Å². The van der Waals surface area contributed by atoms with Crippen molar-refractivity contribution in [3.8, 4) is 11.5 Å². The lowest BCUT2D eigenvalue weighted by Crippen LogP contribution is -3.09. The van der Waals surface area contributed by atoms with E-state index in [1.165, 1.54) is 27.5 Å². The lowest BCUT2D eigenvalue weighted by molar-refractivity contribution is -0.787. The third-order valence-corrected chi connectivity index (χ3v) is 5.55. The van der Waals surface area contributed by atoms with Crippen molar-refractivity contribution in [3.63, 3.8) is 0 Å². The van der Waals surface area contributed by atoms with Gasteiger partial charge in [0.15, 0.2) is 23.4 Å². The van der Waals surface area contributed by atoms with Crippen molar-refractivity contribution < 1.29 is 33.6 Å². The molecule has 0 aliphatic carbocycles.